The van der Waals surface area contributed by atoms with Crippen molar-refractivity contribution in [1.82, 2.24) is 10.3 Å². The molecule has 0 fully saturated rings. The number of benzene rings is 3. The molecule has 0 aliphatic heterocycles. The van der Waals surface area contributed by atoms with E-state index in [0.717, 1.165) is 33.3 Å². The predicted octanol–water partition coefficient (Wildman–Crippen LogP) is 5.79. The van der Waals surface area contributed by atoms with Gasteiger partial charge in [-0.25, -0.2) is 4.98 Å². The van der Waals surface area contributed by atoms with Gasteiger partial charge >= 0.3 is 0 Å². The van der Waals surface area contributed by atoms with Crippen LogP contribution in [0.4, 0.5) is 0 Å². The molecular weight excluding hydrogens is 368 g/mol. The van der Waals surface area contributed by atoms with Crippen molar-refractivity contribution in [2.24, 2.45) is 0 Å². The van der Waals surface area contributed by atoms with Gasteiger partial charge in [0.1, 0.15) is 0 Å². The van der Waals surface area contributed by atoms with E-state index in [4.69, 9.17) is 16.6 Å². The first-order valence-corrected chi connectivity index (χ1v) is 9.47. The van der Waals surface area contributed by atoms with Crippen molar-refractivity contribution in [3.05, 3.63) is 101 Å². The van der Waals surface area contributed by atoms with E-state index >= 15 is 0 Å². The maximum atomic E-state index is 13.0. The molecule has 0 saturated heterocycles. The van der Waals surface area contributed by atoms with Crippen molar-refractivity contribution >= 4 is 28.4 Å². The molecule has 0 saturated carbocycles. The van der Waals surface area contributed by atoms with Gasteiger partial charge in [-0.2, -0.15) is 0 Å². The minimum atomic E-state index is -0.123. The molecule has 3 nitrogen and oxygen atoms in total. The zero-order valence-electron chi connectivity index (χ0n) is 15.4. The fourth-order valence-corrected chi connectivity index (χ4v) is 3.32. The van der Waals surface area contributed by atoms with Gasteiger partial charge in [0.05, 0.1) is 16.8 Å². The molecule has 0 aliphatic carbocycles. The van der Waals surface area contributed by atoms with Crippen LogP contribution in [-0.2, 0) is 6.54 Å². The molecule has 1 heterocycles. The second-order valence-corrected chi connectivity index (χ2v) is 7.19. The number of aryl methyl sites for hydroxylation is 1. The topological polar surface area (TPSA) is 42.0 Å². The van der Waals surface area contributed by atoms with E-state index in [-0.39, 0.29) is 5.91 Å². The van der Waals surface area contributed by atoms with Crippen LogP contribution in [0.5, 0.6) is 0 Å². The van der Waals surface area contributed by atoms with Crippen molar-refractivity contribution in [3.63, 3.8) is 0 Å². The SMILES string of the molecule is Cc1cccc(-c2cc(C(=O)NCc3ccc(Cl)cc3)c3ccccc3n2)c1. The Hall–Kier alpha value is -3.17. The number of fused-ring (bicyclic) bond motifs is 1. The van der Waals surface area contributed by atoms with Crippen molar-refractivity contribution in [3.8, 4) is 11.3 Å². The van der Waals surface area contributed by atoms with Crippen LogP contribution in [0.3, 0.4) is 0 Å². The Balaban J connectivity index is 1.70. The fourth-order valence-electron chi connectivity index (χ4n) is 3.20. The van der Waals surface area contributed by atoms with Crippen LogP contribution in [-0.4, -0.2) is 10.9 Å². The quantitative estimate of drug-likeness (QED) is 0.482. The summed E-state index contributed by atoms with van der Waals surface area (Å²) in [5.74, 6) is -0.123. The molecule has 0 atom stereocenters. The molecule has 1 aromatic heterocycles. The van der Waals surface area contributed by atoms with Crippen molar-refractivity contribution in [2.75, 3.05) is 0 Å². The first-order chi connectivity index (χ1) is 13.6. The number of rotatable bonds is 4. The number of carbonyl (C=O) groups excluding carboxylic acids is 1. The van der Waals surface area contributed by atoms with E-state index in [1.165, 1.54) is 0 Å². The molecule has 1 N–H and O–H groups in total. The number of carbonyl (C=O) groups is 1. The number of nitrogens with one attached hydrogen (secondary N) is 1. The van der Waals surface area contributed by atoms with Crippen LogP contribution in [0.25, 0.3) is 22.2 Å². The average molecular weight is 387 g/mol. The van der Waals surface area contributed by atoms with Gasteiger partial charge in [0.25, 0.3) is 5.91 Å². The number of hydrogen-bond acceptors (Lipinski definition) is 2. The standard InChI is InChI=1S/C24H19ClN2O/c1-16-5-4-6-18(13-16)23-14-21(20-7-2-3-8-22(20)27-23)24(28)26-15-17-9-11-19(25)12-10-17/h2-14H,15H2,1H3,(H,26,28). The van der Waals surface area contributed by atoms with E-state index in [2.05, 4.69) is 11.4 Å². The summed E-state index contributed by atoms with van der Waals surface area (Å²) in [6.45, 7) is 2.48. The van der Waals surface area contributed by atoms with Gasteiger partial charge < -0.3 is 5.32 Å². The Morgan fingerprint density at radius 2 is 1.75 bits per heavy atom. The number of para-hydroxylation sites is 1. The zero-order valence-corrected chi connectivity index (χ0v) is 16.2. The highest BCUT2D eigenvalue weighted by Gasteiger charge is 2.14. The van der Waals surface area contributed by atoms with Gasteiger partial charge in [-0.15, -0.1) is 0 Å². The lowest BCUT2D eigenvalue weighted by Crippen LogP contribution is -2.23. The molecule has 0 aliphatic rings. The van der Waals surface area contributed by atoms with Crippen LogP contribution in [0.2, 0.25) is 5.02 Å². The molecule has 1 amide bonds. The minimum absolute atomic E-state index is 0.123. The highest BCUT2D eigenvalue weighted by Crippen LogP contribution is 2.25. The summed E-state index contributed by atoms with van der Waals surface area (Å²) in [6, 6.07) is 25.2. The van der Waals surface area contributed by atoms with Gasteiger partial charge in [0, 0.05) is 22.5 Å². The molecule has 4 aromatic rings. The van der Waals surface area contributed by atoms with Crippen LogP contribution >= 0.6 is 11.6 Å². The van der Waals surface area contributed by atoms with Crippen molar-refractivity contribution in [1.29, 1.82) is 0 Å². The summed E-state index contributed by atoms with van der Waals surface area (Å²) in [5, 5.41) is 4.53. The Morgan fingerprint density at radius 3 is 2.54 bits per heavy atom. The number of nitrogens with zero attached hydrogens (tertiary/aromatic N) is 1. The van der Waals surface area contributed by atoms with Crippen molar-refractivity contribution < 1.29 is 4.79 Å². The van der Waals surface area contributed by atoms with E-state index in [1.807, 2.05) is 79.7 Å². The molecule has 0 bridgehead atoms. The fraction of sp³-hybridized carbons (Fsp3) is 0.0833. The normalized spacial score (nSPS) is 10.8. The summed E-state index contributed by atoms with van der Waals surface area (Å²) in [6.07, 6.45) is 0. The third-order valence-corrected chi connectivity index (χ3v) is 4.89. The largest absolute Gasteiger partial charge is 0.348 e. The third-order valence-electron chi connectivity index (χ3n) is 4.64. The maximum Gasteiger partial charge on any atom is 0.252 e. The second-order valence-electron chi connectivity index (χ2n) is 6.75. The molecule has 4 heteroatoms. The lowest BCUT2D eigenvalue weighted by Gasteiger charge is -2.11. The molecule has 0 unspecified atom stereocenters. The van der Waals surface area contributed by atoms with E-state index in [0.29, 0.717) is 17.1 Å². The molecule has 138 valence electrons. The van der Waals surface area contributed by atoms with E-state index < -0.39 is 0 Å². The maximum absolute atomic E-state index is 13.0. The Kier molecular flexibility index (Phi) is 5.09. The molecule has 4 rings (SSSR count). The summed E-state index contributed by atoms with van der Waals surface area (Å²) < 4.78 is 0. The predicted molar refractivity (Wildman–Crippen MR) is 115 cm³/mol. The number of aromatic nitrogens is 1. The highest BCUT2D eigenvalue weighted by molar-refractivity contribution is 6.30. The molecule has 28 heavy (non-hydrogen) atoms. The van der Waals surface area contributed by atoms with Crippen LogP contribution < -0.4 is 5.32 Å². The van der Waals surface area contributed by atoms with Crippen LogP contribution in [0.15, 0.2) is 78.9 Å². The Bertz CT molecular complexity index is 1150. The summed E-state index contributed by atoms with van der Waals surface area (Å²) in [5.41, 5.74) is 5.36. The van der Waals surface area contributed by atoms with Crippen molar-refractivity contribution in [2.45, 2.75) is 13.5 Å². The first-order valence-electron chi connectivity index (χ1n) is 9.09. The Morgan fingerprint density at radius 1 is 0.964 bits per heavy atom. The van der Waals surface area contributed by atoms with Gasteiger partial charge in [0.2, 0.25) is 0 Å². The third kappa shape index (κ3) is 3.90. The van der Waals surface area contributed by atoms with E-state index in [9.17, 15) is 4.79 Å². The molecular formula is C24H19ClN2O. The second kappa shape index (κ2) is 7.83. The number of hydrogen-bond donors (Lipinski definition) is 1. The lowest BCUT2D eigenvalue weighted by molar-refractivity contribution is 0.0952. The minimum Gasteiger partial charge on any atom is -0.348 e. The number of halogens is 1. The Labute approximate surface area is 169 Å². The summed E-state index contributed by atoms with van der Waals surface area (Å²) >= 11 is 5.93. The van der Waals surface area contributed by atoms with Crippen LogP contribution in [0.1, 0.15) is 21.5 Å². The zero-order chi connectivity index (χ0) is 19.5. The monoisotopic (exact) mass is 386 g/mol. The lowest BCUT2D eigenvalue weighted by atomic mass is 10.0. The first kappa shape index (κ1) is 18.2. The molecule has 0 spiro atoms. The van der Waals surface area contributed by atoms with Crippen LogP contribution in [0, 0.1) is 6.92 Å². The van der Waals surface area contributed by atoms with Gasteiger partial charge in [-0.3, -0.25) is 4.79 Å². The molecule has 3 aromatic carbocycles. The van der Waals surface area contributed by atoms with Gasteiger partial charge in [-0.1, -0.05) is 65.7 Å². The summed E-state index contributed by atoms with van der Waals surface area (Å²) in [7, 11) is 0. The molecule has 0 radical (unpaired) electrons. The number of pyridine rings is 1. The van der Waals surface area contributed by atoms with Gasteiger partial charge in [0.15, 0.2) is 0 Å². The summed E-state index contributed by atoms with van der Waals surface area (Å²) in [4.78, 5) is 17.7. The van der Waals surface area contributed by atoms with Gasteiger partial charge in [-0.05, 0) is 42.8 Å². The average Bonchev–Trinajstić information content (AvgIpc) is 2.72. The van der Waals surface area contributed by atoms with E-state index in [1.54, 1.807) is 0 Å². The smallest absolute Gasteiger partial charge is 0.252 e. The number of amides is 1. The highest BCUT2D eigenvalue weighted by atomic mass is 35.5.